The number of rotatable bonds is 6. The number of urea groups is 1. The lowest BCUT2D eigenvalue weighted by molar-refractivity contribution is 0.0827. The second kappa shape index (κ2) is 8.44. The molecule has 0 aliphatic rings. The van der Waals surface area contributed by atoms with Gasteiger partial charge in [0.05, 0.1) is 17.7 Å². The molecule has 0 fully saturated rings. The van der Waals surface area contributed by atoms with Crippen molar-refractivity contribution in [2.45, 2.75) is 19.9 Å². The molecule has 2 N–H and O–H groups in total. The van der Waals surface area contributed by atoms with Gasteiger partial charge in [0.2, 0.25) is 0 Å². The molecule has 6 nitrogen and oxygen atoms in total. The highest BCUT2D eigenvalue weighted by Gasteiger charge is 2.08. The lowest BCUT2D eigenvalue weighted by atomic mass is 10.1. The number of aryl methyl sites for hydroxylation is 1. The first-order chi connectivity index (χ1) is 11.5. The van der Waals surface area contributed by atoms with Gasteiger partial charge in [-0.25, -0.2) is 9.78 Å². The number of hydrogen-bond donors (Lipinski definition) is 2. The van der Waals surface area contributed by atoms with Crippen molar-refractivity contribution >= 4 is 23.3 Å². The fourth-order valence-corrected chi connectivity index (χ4v) is 2.87. The van der Waals surface area contributed by atoms with Gasteiger partial charge in [-0.2, -0.15) is 0 Å². The van der Waals surface area contributed by atoms with Crippen molar-refractivity contribution in [3.05, 3.63) is 51.5 Å². The summed E-state index contributed by atoms with van der Waals surface area (Å²) in [7, 11) is 3.46. The van der Waals surface area contributed by atoms with Gasteiger partial charge in [-0.1, -0.05) is 12.1 Å². The van der Waals surface area contributed by atoms with Gasteiger partial charge in [-0.3, -0.25) is 4.79 Å². The Bertz CT molecular complexity index is 712. The average Bonchev–Trinajstić information content (AvgIpc) is 2.97. The maximum atomic E-state index is 11.9. The van der Waals surface area contributed by atoms with Crippen LogP contribution in [0.2, 0.25) is 0 Å². The van der Waals surface area contributed by atoms with E-state index < -0.39 is 0 Å². The molecule has 0 radical (unpaired) electrons. The summed E-state index contributed by atoms with van der Waals surface area (Å²) in [6.45, 7) is 2.91. The first-order valence-corrected chi connectivity index (χ1v) is 8.56. The van der Waals surface area contributed by atoms with Crippen molar-refractivity contribution < 1.29 is 9.59 Å². The number of hydrogen-bond acceptors (Lipinski definition) is 4. The van der Waals surface area contributed by atoms with Crippen LogP contribution in [0.1, 0.15) is 26.5 Å². The highest BCUT2D eigenvalue weighted by atomic mass is 32.1. The van der Waals surface area contributed by atoms with E-state index in [-0.39, 0.29) is 11.9 Å². The Morgan fingerprint density at radius 3 is 2.71 bits per heavy atom. The molecule has 1 aromatic heterocycles. The zero-order valence-corrected chi connectivity index (χ0v) is 14.9. The zero-order chi connectivity index (χ0) is 17.5. The summed E-state index contributed by atoms with van der Waals surface area (Å²) < 4.78 is 0. The standard InChI is InChI=1S/C17H22N4O2S/c1-12-15(24-11-20-12)10-19-17(23)18-8-7-13-5-4-6-14(9-13)16(22)21(2)3/h4-6,9,11H,7-8,10H2,1-3H3,(H2,18,19,23). The number of amides is 3. The van der Waals surface area contributed by atoms with E-state index >= 15 is 0 Å². The molecule has 24 heavy (non-hydrogen) atoms. The fraction of sp³-hybridized carbons (Fsp3) is 0.353. The van der Waals surface area contributed by atoms with Crippen LogP contribution in [-0.2, 0) is 13.0 Å². The first-order valence-electron chi connectivity index (χ1n) is 7.68. The quantitative estimate of drug-likeness (QED) is 0.842. The average molecular weight is 346 g/mol. The molecule has 2 rings (SSSR count). The molecule has 1 aromatic carbocycles. The minimum Gasteiger partial charge on any atom is -0.345 e. The predicted molar refractivity (Wildman–Crippen MR) is 95.3 cm³/mol. The Balaban J connectivity index is 1.77. The van der Waals surface area contributed by atoms with E-state index in [0.717, 1.165) is 16.1 Å². The van der Waals surface area contributed by atoms with Crippen LogP contribution in [0.4, 0.5) is 4.79 Å². The summed E-state index contributed by atoms with van der Waals surface area (Å²) in [5.74, 6) is -0.0255. The molecule has 0 saturated heterocycles. The summed E-state index contributed by atoms with van der Waals surface area (Å²) >= 11 is 1.53. The van der Waals surface area contributed by atoms with Gasteiger partial charge in [-0.15, -0.1) is 11.3 Å². The van der Waals surface area contributed by atoms with Crippen molar-refractivity contribution in [2.24, 2.45) is 0 Å². The van der Waals surface area contributed by atoms with Crippen molar-refractivity contribution in [1.29, 1.82) is 0 Å². The van der Waals surface area contributed by atoms with Crippen LogP contribution in [0.5, 0.6) is 0 Å². The van der Waals surface area contributed by atoms with E-state index in [9.17, 15) is 9.59 Å². The predicted octanol–water partition coefficient (Wildman–Crippen LogP) is 2.20. The van der Waals surface area contributed by atoms with E-state index in [1.165, 1.54) is 11.3 Å². The smallest absolute Gasteiger partial charge is 0.315 e. The summed E-state index contributed by atoms with van der Waals surface area (Å²) in [5, 5.41) is 5.64. The van der Waals surface area contributed by atoms with E-state index in [1.807, 2.05) is 25.1 Å². The van der Waals surface area contributed by atoms with E-state index in [1.54, 1.807) is 30.6 Å². The maximum Gasteiger partial charge on any atom is 0.315 e. The van der Waals surface area contributed by atoms with Crippen LogP contribution in [-0.4, -0.2) is 42.5 Å². The van der Waals surface area contributed by atoms with E-state index in [4.69, 9.17) is 0 Å². The van der Waals surface area contributed by atoms with Gasteiger partial charge >= 0.3 is 6.03 Å². The zero-order valence-electron chi connectivity index (χ0n) is 14.1. The van der Waals surface area contributed by atoms with E-state index in [0.29, 0.717) is 25.1 Å². The summed E-state index contributed by atoms with van der Waals surface area (Å²) in [6, 6.07) is 7.26. The molecule has 3 amide bonds. The molecule has 7 heteroatoms. The molecule has 2 aromatic rings. The Labute approximate surface area is 145 Å². The molecule has 0 aliphatic heterocycles. The van der Waals surface area contributed by atoms with Gasteiger partial charge in [0.15, 0.2) is 0 Å². The van der Waals surface area contributed by atoms with Gasteiger partial charge < -0.3 is 15.5 Å². The Morgan fingerprint density at radius 2 is 2.04 bits per heavy atom. The normalized spacial score (nSPS) is 10.3. The van der Waals surface area contributed by atoms with Gasteiger partial charge in [0, 0.05) is 31.1 Å². The highest BCUT2D eigenvalue weighted by Crippen LogP contribution is 2.11. The van der Waals surface area contributed by atoms with E-state index in [2.05, 4.69) is 15.6 Å². The molecule has 0 atom stereocenters. The second-order valence-electron chi connectivity index (χ2n) is 5.62. The van der Waals surface area contributed by atoms with Crippen molar-refractivity contribution in [1.82, 2.24) is 20.5 Å². The largest absolute Gasteiger partial charge is 0.345 e. The third kappa shape index (κ3) is 5.06. The van der Waals surface area contributed by atoms with Crippen LogP contribution in [0.25, 0.3) is 0 Å². The Hall–Kier alpha value is -2.41. The maximum absolute atomic E-state index is 11.9. The number of thiazole rings is 1. The fourth-order valence-electron chi connectivity index (χ4n) is 2.16. The molecule has 0 unspecified atom stereocenters. The third-order valence-corrected chi connectivity index (χ3v) is 4.47. The minimum atomic E-state index is -0.205. The number of nitrogens with zero attached hydrogens (tertiary/aromatic N) is 2. The van der Waals surface area contributed by atoms with Crippen LogP contribution < -0.4 is 10.6 Å². The molecule has 0 bridgehead atoms. The third-order valence-electron chi connectivity index (χ3n) is 3.53. The Kier molecular flexibility index (Phi) is 6.31. The van der Waals surface area contributed by atoms with Crippen molar-refractivity contribution in [3.8, 4) is 0 Å². The topological polar surface area (TPSA) is 74.3 Å². The number of benzene rings is 1. The number of carbonyl (C=O) groups excluding carboxylic acids is 2. The van der Waals surface area contributed by atoms with Gasteiger partial charge in [-0.05, 0) is 31.0 Å². The second-order valence-corrected chi connectivity index (χ2v) is 6.56. The van der Waals surface area contributed by atoms with Crippen LogP contribution in [0.15, 0.2) is 29.8 Å². The summed E-state index contributed by atoms with van der Waals surface area (Å²) in [4.78, 5) is 30.5. The lowest BCUT2D eigenvalue weighted by Crippen LogP contribution is -2.36. The molecular weight excluding hydrogens is 324 g/mol. The SMILES string of the molecule is Cc1ncsc1CNC(=O)NCCc1cccc(C(=O)N(C)C)c1. The number of nitrogens with one attached hydrogen (secondary N) is 2. The van der Waals surface area contributed by atoms with Gasteiger partial charge in [0.25, 0.3) is 5.91 Å². The van der Waals surface area contributed by atoms with Crippen LogP contribution in [0, 0.1) is 6.92 Å². The monoisotopic (exact) mass is 346 g/mol. The number of carbonyl (C=O) groups is 2. The van der Waals surface area contributed by atoms with Crippen LogP contribution in [0.3, 0.4) is 0 Å². The molecule has 0 saturated carbocycles. The molecular formula is C17H22N4O2S. The van der Waals surface area contributed by atoms with Gasteiger partial charge in [0.1, 0.15) is 0 Å². The molecule has 1 heterocycles. The minimum absolute atomic E-state index is 0.0255. The first kappa shape index (κ1) is 17.9. The molecule has 128 valence electrons. The number of aromatic nitrogens is 1. The Morgan fingerprint density at radius 1 is 1.25 bits per heavy atom. The molecule has 0 aliphatic carbocycles. The summed E-state index contributed by atoms with van der Waals surface area (Å²) in [6.07, 6.45) is 0.668. The lowest BCUT2D eigenvalue weighted by Gasteiger charge is -2.11. The highest BCUT2D eigenvalue weighted by molar-refractivity contribution is 7.09. The summed E-state index contributed by atoms with van der Waals surface area (Å²) in [5.41, 5.74) is 4.39. The van der Waals surface area contributed by atoms with Crippen molar-refractivity contribution in [2.75, 3.05) is 20.6 Å². The molecule has 0 spiro atoms. The van der Waals surface area contributed by atoms with Crippen molar-refractivity contribution in [3.63, 3.8) is 0 Å². The van der Waals surface area contributed by atoms with Crippen LogP contribution >= 0.6 is 11.3 Å².